The number of hydrogen-bond donors (Lipinski definition) is 1. The summed E-state index contributed by atoms with van der Waals surface area (Å²) < 4.78 is 16.3. The van der Waals surface area contributed by atoms with Gasteiger partial charge >= 0.3 is 0 Å². The highest BCUT2D eigenvalue weighted by Gasteiger charge is 2.28. The van der Waals surface area contributed by atoms with E-state index in [1.807, 2.05) is 37.6 Å². The van der Waals surface area contributed by atoms with E-state index in [1.54, 1.807) is 35.6 Å². The van der Waals surface area contributed by atoms with Crippen LogP contribution in [0.3, 0.4) is 0 Å². The Bertz CT molecular complexity index is 583. The highest BCUT2D eigenvalue weighted by molar-refractivity contribution is 7.91. The zero-order valence-electron chi connectivity index (χ0n) is 11.7. The average molecular weight is 307 g/mol. The Kier molecular flexibility index (Phi) is 4.52. The predicted molar refractivity (Wildman–Crippen MR) is 86.0 cm³/mol. The first kappa shape index (κ1) is 15.1. The SMILES string of the molecule is CC(C)(C)[S+]([O-])N=C(c1ccc(O)cc1)c1ccsc1. The van der Waals surface area contributed by atoms with Crippen LogP contribution < -0.4 is 0 Å². The Morgan fingerprint density at radius 3 is 2.30 bits per heavy atom. The van der Waals surface area contributed by atoms with Gasteiger partial charge in [-0.2, -0.15) is 11.3 Å². The molecule has 0 saturated heterocycles. The summed E-state index contributed by atoms with van der Waals surface area (Å²) in [5.41, 5.74) is 2.48. The summed E-state index contributed by atoms with van der Waals surface area (Å²) in [6.45, 7) is 5.69. The van der Waals surface area contributed by atoms with Gasteiger partial charge in [0.2, 0.25) is 0 Å². The fourth-order valence-electron chi connectivity index (χ4n) is 1.51. The number of phenolic OH excluding ortho intramolecular Hbond substituents is 1. The van der Waals surface area contributed by atoms with Gasteiger partial charge in [-0.05, 0) is 56.5 Å². The van der Waals surface area contributed by atoms with Crippen molar-refractivity contribution in [3.05, 3.63) is 52.2 Å². The summed E-state index contributed by atoms with van der Waals surface area (Å²) in [6, 6.07) is 8.74. The van der Waals surface area contributed by atoms with Crippen molar-refractivity contribution in [2.24, 2.45) is 4.40 Å². The molecule has 0 aliphatic heterocycles. The quantitative estimate of drug-likeness (QED) is 0.693. The molecule has 1 aromatic carbocycles. The molecule has 20 heavy (non-hydrogen) atoms. The lowest BCUT2D eigenvalue weighted by atomic mass is 10.1. The molecule has 1 unspecified atom stereocenters. The Morgan fingerprint density at radius 2 is 1.80 bits per heavy atom. The van der Waals surface area contributed by atoms with E-state index in [0.717, 1.165) is 11.1 Å². The van der Waals surface area contributed by atoms with Gasteiger partial charge in [0.1, 0.15) is 27.6 Å². The number of aromatic hydroxyl groups is 1. The first-order valence-electron chi connectivity index (χ1n) is 6.20. The van der Waals surface area contributed by atoms with Gasteiger partial charge in [0.05, 0.1) is 0 Å². The zero-order chi connectivity index (χ0) is 14.8. The molecule has 0 radical (unpaired) electrons. The minimum Gasteiger partial charge on any atom is -0.591 e. The molecule has 5 heteroatoms. The van der Waals surface area contributed by atoms with Gasteiger partial charge in [0.15, 0.2) is 0 Å². The largest absolute Gasteiger partial charge is 0.591 e. The van der Waals surface area contributed by atoms with Gasteiger partial charge < -0.3 is 9.66 Å². The van der Waals surface area contributed by atoms with Gasteiger partial charge in [-0.15, -0.1) is 0 Å². The molecule has 1 atom stereocenters. The van der Waals surface area contributed by atoms with Crippen LogP contribution in [-0.4, -0.2) is 20.1 Å². The highest BCUT2D eigenvalue weighted by atomic mass is 32.2. The van der Waals surface area contributed by atoms with E-state index in [1.165, 1.54) is 0 Å². The van der Waals surface area contributed by atoms with Crippen molar-refractivity contribution in [2.45, 2.75) is 25.5 Å². The van der Waals surface area contributed by atoms with Crippen LogP contribution in [0.2, 0.25) is 0 Å². The fourth-order valence-corrected chi connectivity index (χ4v) is 2.80. The molecule has 1 aromatic heterocycles. The van der Waals surface area contributed by atoms with E-state index in [4.69, 9.17) is 0 Å². The molecule has 1 heterocycles. The van der Waals surface area contributed by atoms with Crippen molar-refractivity contribution in [2.75, 3.05) is 0 Å². The minimum atomic E-state index is -1.33. The maximum absolute atomic E-state index is 12.3. The number of phenols is 1. The molecule has 0 aliphatic carbocycles. The van der Waals surface area contributed by atoms with Crippen molar-refractivity contribution in [3.63, 3.8) is 0 Å². The molecule has 0 aliphatic rings. The van der Waals surface area contributed by atoms with Crippen molar-refractivity contribution < 1.29 is 9.66 Å². The maximum atomic E-state index is 12.3. The summed E-state index contributed by atoms with van der Waals surface area (Å²) >= 11 is 0.243. The van der Waals surface area contributed by atoms with Crippen molar-refractivity contribution in [1.29, 1.82) is 0 Å². The standard InChI is InChI=1S/C15H17NO2S2/c1-15(2,3)20(18)16-14(12-8-9-19-10-12)11-4-6-13(17)7-5-11/h4-10,17H,1-3H3. The topological polar surface area (TPSA) is 55.7 Å². The monoisotopic (exact) mass is 307 g/mol. The third-order valence-corrected chi connectivity index (χ3v) is 4.71. The highest BCUT2D eigenvalue weighted by Crippen LogP contribution is 2.22. The molecule has 2 rings (SSSR count). The summed E-state index contributed by atoms with van der Waals surface area (Å²) in [6.07, 6.45) is 0. The molecule has 3 nitrogen and oxygen atoms in total. The maximum Gasteiger partial charge on any atom is 0.144 e. The third kappa shape index (κ3) is 3.62. The Labute approximate surface area is 126 Å². The van der Waals surface area contributed by atoms with Crippen molar-refractivity contribution in [3.8, 4) is 5.75 Å². The second-order valence-electron chi connectivity index (χ2n) is 5.36. The normalized spacial score (nSPS) is 14.3. The molecule has 2 aromatic rings. The summed E-state index contributed by atoms with van der Waals surface area (Å²) in [7, 11) is 0. The molecule has 106 valence electrons. The van der Waals surface area contributed by atoms with E-state index >= 15 is 0 Å². The third-order valence-electron chi connectivity index (χ3n) is 2.63. The van der Waals surface area contributed by atoms with Gasteiger partial charge in [0.25, 0.3) is 0 Å². The number of rotatable bonds is 3. The molecule has 0 fully saturated rings. The first-order chi connectivity index (χ1) is 9.38. The number of thiophene rings is 1. The number of nitrogens with zero attached hydrogens (tertiary/aromatic N) is 1. The molecule has 0 spiro atoms. The summed E-state index contributed by atoms with van der Waals surface area (Å²) in [4.78, 5) is 0. The first-order valence-corrected chi connectivity index (χ1v) is 8.25. The van der Waals surface area contributed by atoms with E-state index in [-0.39, 0.29) is 5.75 Å². The van der Waals surface area contributed by atoms with E-state index < -0.39 is 16.1 Å². The molecule has 0 bridgehead atoms. The molecular weight excluding hydrogens is 290 g/mol. The lowest BCUT2D eigenvalue weighted by Gasteiger charge is -2.19. The van der Waals surface area contributed by atoms with Crippen molar-refractivity contribution >= 4 is 28.4 Å². The van der Waals surface area contributed by atoms with Crippen LogP contribution in [0.1, 0.15) is 31.9 Å². The number of hydrogen-bond acceptors (Lipinski definition) is 4. The van der Waals surface area contributed by atoms with Gasteiger partial charge in [-0.1, -0.05) is 4.40 Å². The van der Waals surface area contributed by atoms with Gasteiger partial charge in [-0.25, -0.2) is 0 Å². The van der Waals surface area contributed by atoms with Crippen LogP contribution in [0.4, 0.5) is 0 Å². The predicted octanol–water partition coefficient (Wildman–Crippen LogP) is 3.75. The second-order valence-corrected chi connectivity index (χ2v) is 8.05. The van der Waals surface area contributed by atoms with Crippen LogP contribution in [-0.2, 0) is 11.4 Å². The van der Waals surface area contributed by atoms with Crippen LogP contribution in [0.25, 0.3) is 0 Å². The van der Waals surface area contributed by atoms with Gasteiger partial charge in [-0.3, -0.25) is 0 Å². The molecule has 1 N–H and O–H groups in total. The van der Waals surface area contributed by atoms with Crippen LogP contribution >= 0.6 is 11.3 Å². The molecular formula is C15H17NO2S2. The Balaban J connectivity index is 2.46. The van der Waals surface area contributed by atoms with Crippen LogP contribution in [0.15, 0.2) is 45.5 Å². The summed E-state index contributed by atoms with van der Waals surface area (Å²) in [5, 5.41) is 13.3. The van der Waals surface area contributed by atoms with Gasteiger partial charge in [0, 0.05) is 16.5 Å². The lowest BCUT2D eigenvalue weighted by Crippen LogP contribution is -2.27. The van der Waals surface area contributed by atoms with Crippen LogP contribution in [0.5, 0.6) is 5.75 Å². The molecule has 0 saturated carbocycles. The zero-order valence-corrected chi connectivity index (χ0v) is 13.3. The molecule has 0 amide bonds. The summed E-state index contributed by atoms with van der Waals surface area (Å²) in [5.74, 6) is 0.204. The van der Waals surface area contributed by atoms with E-state index in [0.29, 0.717) is 5.71 Å². The lowest BCUT2D eigenvalue weighted by molar-refractivity contribution is 0.475. The Morgan fingerprint density at radius 1 is 1.15 bits per heavy atom. The second kappa shape index (κ2) is 5.99. The van der Waals surface area contributed by atoms with Crippen molar-refractivity contribution in [1.82, 2.24) is 0 Å². The van der Waals surface area contributed by atoms with E-state index in [9.17, 15) is 9.66 Å². The smallest absolute Gasteiger partial charge is 0.144 e. The minimum absolute atomic E-state index is 0.204. The van der Waals surface area contributed by atoms with E-state index in [2.05, 4.69) is 4.40 Å². The average Bonchev–Trinajstić information content (AvgIpc) is 2.89. The van der Waals surface area contributed by atoms with Crippen LogP contribution in [0, 0.1) is 0 Å². The fraction of sp³-hybridized carbons (Fsp3) is 0.267. The number of benzene rings is 1. The Hall–Kier alpha value is -1.30.